The number of benzene rings is 1. The van der Waals surface area contributed by atoms with Crippen molar-refractivity contribution in [1.82, 2.24) is 34.0 Å². The third kappa shape index (κ3) is 10.2. The number of nitrogens with zero attached hydrogens (tertiary/aromatic N) is 7. The lowest BCUT2D eigenvalue weighted by Gasteiger charge is -2.50. The molecule has 0 radical (unpaired) electrons. The zero-order valence-electron chi connectivity index (χ0n) is 35.7. The first-order valence-electron chi connectivity index (χ1n) is 21.6. The van der Waals surface area contributed by atoms with E-state index in [1.807, 2.05) is 12.1 Å². The maximum absolute atomic E-state index is 12.4. The number of carbonyl (C=O) groups excluding carboxylic acids is 1. The van der Waals surface area contributed by atoms with E-state index in [-0.39, 0.29) is 35.0 Å². The van der Waals surface area contributed by atoms with Crippen LogP contribution in [0.15, 0.2) is 41.6 Å². The van der Waals surface area contributed by atoms with Gasteiger partial charge in [-0.05, 0) is 103 Å². The number of imidazole rings is 1. The second-order valence-electron chi connectivity index (χ2n) is 17.2. The zero-order chi connectivity index (χ0) is 46.7. The Labute approximate surface area is 389 Å². The molecule has 5 aliphatic rings. The molecule has 2 saturated heterocycles. The van der Waals surface area contributed by atoms with Crippen LogP contribution < -0.4 is 21.9 Å². The summed E-state index contributed by atoms with van der Waals surface area (Å²) in [6.45, 7) is 2.45. The van der Waals surface area contributed by atoms with Gasteiger partial charge in [-0.2, -0.15) is 15.0 Å². The van der Waals surface area contributed by atoms with Gasteiger partial charge in [-0.15, -0.1) is 23.2 Å². The van der Waals surface area contributed by atoms with Crippen LogP contribution in [-0.4, -0.2) is 145 Å². The van der Waals surface area contributed by atoms with Gasteiger partial charge >= 0.3 is 11.8 Å². The smallest absolute Gasteiger partial charge is 0.410 e. The third-order valence-electron chi connectivity index (χ3n) is 13.6. The Hall–Kier alpha value is -3.93. The quantitative estimate of drug-likeness (QED) is 0.0882. The Balaban J connectivity index is 0.000000153. The summed E-state index contributed by atoms with van der Waals surface area (Å²) in [5.41, 5.74) is 14.0. The van der Waals surface area contributed by atoms with Crippen molar-refractivity contribution in [1.29, 1.82) is 0 Å². The van der Waals surface area contributed by atoms with E-state index in [0.29, 0.717) is 65.9 Å². The summed E-state index contributed by atoms with van der Waals surface area (Å²) in [7, 11) is 0. The maximum atomic E-state index is 12.4. The summed E-state index contributed by atoms with van der Waals surface area (Å²) in [6.07, 6.45) is 2.73. The number of anilines is 2. The standard InChI is InChI=1S/C23H31Cl2NO3.C10H12ClN5O3.C9H13N3O5/c1-23-9-8-18-17-5-3-16(29-22(28)26(12-10-24)13-11-25)14-15(17)2-4-19(18)20(23)6-7-21(23)27;11-10-14-8(12)7-9(15-10)16(3-13-7)6-1-4(18)5(2-17)19-6;10-5-1-2-12(9(16)11-5)8-7(15)6(14)4(3-13)17-8/h3,5,14,18-21,27H,2,4,6-13H2,1H3;3-6,17-18H,1-2H2,(H2,12,14,15);1-2,4,6-8,13-15H,3H2,(H2,10,11,16)/t18-,19-,20+,21+,23+;4-,5+,6+;4-,6-,7+,8-/m101/s1. The number of nitrogens with two attached hydrogens (primary N) is 2. The summed E-state index contributed by atoms with van der Waals surface area (Å²) >= 11 is 17.3. The number of hydrogen-bond donors (Lipinski definition) is 8. The molecule has 65 heavy (non-hydrogen) atoms. The monoisotopic (exact) mass is 967 g/mol. The van der Waals surface area contributed by atoms with Crippen LogP contribution >= 0.6 is 34.8 Å². The molecule has 10 N–H and O–H groups in total. The predicted molar refractivity (Wildman–Crippen MR) is 238 cm³/mol. The predicted octanol–water partition coefficient (Wildman–Crippen LogP) is 2.32. The molecule has 0 unspecified atom stereocenters. The minimum absolute atomic E-state index is 0.0176. The Morgan fingerprint density at radius 2 is 1.69 bits per heavy atom. The number of ether oxygens (including phenoxy) is 3. The average Bonchev–Trinajstić information content (AvgIpc) is 4.03. The van der Waals surface area contributed by atoms with E-state index in [1.165, 1.54) is 29.7 Å². The molecule has 356 valence electrons. The number of amides is 1. The Morgan fingerprint density at radius 3 is 2.35 bits per heavy atom. The Morgan fingerprint density at radius 1 is 0.954 bits per heavy atom. The molecule has 3 aliphatic carbocycles. The van der Waals surface area contributed by atoms with Crippen molar-refractivity contribution >= 4 is 63.7 Å². The molecule has 23 heteroatoms. The number of fused-ring (bicyclic) bond motifs is 6. The molecule has 4 aromatic rings. The summed E-state index contributed by atoms with van der Waals surface area (Å²) in [4.78, 5) is 41.0. The lowest BCUT2D eigenvalue weighted by molar-refractivity contribution is -0.0549. The van der Waals surface area contributed by atoms with Crippen LogP contribution in [0.5, 0.6) is 5.75 Å². The van der Waals surface area contributed by atoms with Crippen LogP contribution in [0.3, 0.4) is 0 Å². The van der Waals surface area contributed by atoms with Crippen LogP contribution in [0.4, 0.5) is 16.4 Å². The fraction of sp³-hybridized carbons (Fsp3) is 0.619. The summed E-state index contributed by atoms with van der Waals surface area (Å²) in [5.74, 6) is 3.40. The number of alkyl halides is 2. The lowest BCUT2D eigenvalue weighted by Crippen LogP contribution is -2.43. The van der Waals surface area contributed by atoms with Gasteiger partial charge in [-0.1, -0.05) is 13.0 Å². The van der Waals surface area contributed by atoms with Gasteiger partial charge in [-0.3, -0.25) is 9.13 Å². The lowest BCUT2D eigenvalue weighted by atomic mass is 9.55. The Kier molecular flexibility index (Phi) is 15.8. The van der Waals surface area contributed by atoms with Gasteiger partial charge in [0.25, 0.3) is 0 Å². The highest BCUT2D eigenvalue weighted by molar-refractivity contribution is 6.28. The zero-order valence-corrected chi connectivity index (χ0v) is 37.9. The van der Waals surface area contributed by atoms with Gasteiger partial charge in [0.05, 0.1) is 31.7 Å². The fourth-order valence-electron chi connectivity index (χ4n) is 10.2. The van der Waals surface area contributed by atoms with Crippen molar-refractivity contribution in [2.24, 2.45) is 17.3 Å². The number of aliphatic hydroxyl groups excluding tert-OH is 6. The average molecular weight is 969 g/mol. The molecule has 1 aromatic carbocycles. The van der Waals surface area contributed by atoms with Gasteiger partial charge in [0.1, 0.15) is 47.7 Å². The van der Waals surface area contributed by atoms with Crippen molar-refractivity contribution in [3.63, 3.8) is 0 Å². The van der Waals surface area contributed by atoms with E-state index < -0.39 is 61.4 Å². The van der Waals surface area contributed by atoms with Crippen LogP contribution in [0, 0.1) is 17.3 Å². The summed E-state index contributed by atoms with van der Waals surface area (Å²) in [5, 5.41) is 57.5. The van der Waals surface area contributed by atoms with Crippen molar-refractivity contribution < 1.29 is 49.6 Å². The molecule has 1 amide bonds. The summed E-state index contributed by atoms with van der Waals surface area (Å²) in [6, 6.07) is 7.50. The fourth-order valence-corrected chi connectivity index (χ4v) is 10.7. The second-order valence-corrected chi connectivity index (χ2v) is 18.3. The van der Waals surface area contributed by atoms with Crippen molar-refractivity contribution in [2.75, 3.05) is 49.5 Å². The number of carbonyl (C=O) groups is 1. The molecule has 20 nitrogen and oxygen atoms in total. The molecular formula is C42H56Cl3N9O11. The van der Waals surface area contributed by atoms with E-state index in [1.54, 1.807) is 9.47 Å². The molecule has 0 spiro atoms. The number of aromatic nitrogens is 6. The van der Waals surface area contributed by atoms with E-state index in [9.17, 15) is 30.0 Å². The van der Waals surface area contributed by atoms with Crippen LogP contribution in [-0.2, 0) is 15.9 Å². The molecule has 2 saturated carbocycles. The molecule has 5 heterocycles. The largest absolute Gasteiger partial charge is 0.415 e. The highest BCUT2D eigenvalue weighted by Gasteiger charge is 2.54. The van der Waals surface area contributed by atoms with Gasteiger partial charge in [0.15, 0.2) is 17.7 Å². The minimum Gasteiger partial charge on any atom is -0.410 e. The number of hydrogen-bond acceptors (Lipinski definition) is 17. The third-order valence-corrected chi connectivity index (χ3v) is 14.1. The number of halogens is 3. The molecule has 12 atom stereocenters. The number of aliphatic hydroxyl groups is 6. The second kappa shape index (κ2) is 20.9. The van der Waals surface area contributed by atoms with Gasteiger partial charge in [0, 0.05) is 37.5 Å². The molecule has 9 rings (SSSR count). The van der Waals surface area contributed by atoms with Crippen molar-refractivity contribution in [3.05, 3.63) is 63.7 Å². The molecular weight excluding hydrogens is 913 g/mol. The van der Waals surface area contributed by atoms with Gasteiger partial charge in [-0.25, -0.2) is 14.6 Å². The van der Waals surface area contributed by atoms with E-state index in [2.05, 4.69) is 32.9 Å². The first-order valence-corrected chi connectivity index (χ1v) is 23.0. The normalized spacial score (nSPS) is 31.2. The first kappa shape index (κ1) is 49.0. The van der Waals surface area contributed by atoms with Crippen LogP contribution in [0.25, 0.3) is 11.2 Å². The van der Waals surface area contributed by atoms with Crippen LogP contribution in [0.2, 0.25) is 5.28 Å². The minimum atomic E-state index is -1.31. The number of rotatable bonds is 9. The highest BCUT2D eigenvalue weighted by Crippen LogP contribution is 2.61. The summed E-state index contributed by atoms with van der Waals surface area (Å²) < 4.78 is 19.0. The van der Waals surface area contributed by atoms with Crippen LogP contribution in [0.1, 0.15) is 74.9 Å². The molecule has 4 fully saturated rings. The maximum Gasteiger partial charge on any atom is 0.415 e. The van der Waals surface area contributed by atoms with E-state index in [0.717, 1.165) is 43.1 Å². The van der Waals surface area contributed by atoms with Crippen molar-refractivity contribution in [2.45, 2.75) is 107 Å². The van der Waals surface area contributed by atoms with E-state index in [4.69, 9.17) is 70.7 Å². The SMILES string of the molecule is C[C@]12CC[C@@H]3c4ccc(OC(=O)N(CCCl)CCCl)cc4CC[C@H]3[C@@H]1CC[C@@H]2O.Nc1ccn([C@@H]2O[C@H](CO)[C@@H](O)[C@@H]2O)c(=O)n1.Nc1nc(Cl)nc2c1ncn2[C@H]1C[C@H](O)[C@@H](CO)O1. The topological polar surface area (TPSA) is 300 Å². The van der Waals surface area contributed by atoms with Crippen molar-refractivity contribution in [3.8, 4) is 5.75 Å². The molecule has 3 aromatic heterocycles. The van der Waals surface area contributed by atoms with Gasteiger partial charge < -0.3 is 61.2 Å². The number of nitrogen functional groups attached to an aromatic ring is 2. The van der Waals surface area contributed by atoms with Gasteiger partial charge in [0.2, 0.25) is 5.28 Å². The van der Waals surface area contributed by atoms with E-state index >= 15 is 0 Å². The molecule has 2 aliphatic heterocycles. The first-order chi connectivity index (χ1) is 31.1. The molecule has 0 bridgehead atoms. The Bertz CT molecular complexity index is 2340. The highest BCUT2D eigenvalue weighted by atomic mass is 35.5. The number of aryl methyl sites for hydroxylation is 1.